The lowest BCUT2D eigenvalue weighted by Gasteiger charge is -2.29. The van der Waals surface area contributed by atoms with Crippen LogP contribution in [0.1, 0.15) is 19.3 Å². The van der Waals surface area contributed by atoms with E-state index in [-0.39, 0.29) is 9.41 Å². The Balaban J connectivity index is 0.000000720. The second-order valence-corrected chi connectivity index (χ2v) is 3.19. The number of hydrogen-bond donors (Lipinski definition) is 0. The second kappa shape index (κ2) is 5.91. The quantitative estimate of drug-likeness (QED) is 0.628. The Morgan fingerprint density at radius 1 is 1.15 bits per heavy atom. The first-order valence-electron chi connectivity index (χ1n) is 4.48. The Morgan fingerprint density at radius 2 is 1.85 bits per heavy atom. The first-order chi connectivity index (χ1) is 5.47. The average molecular weight is 193 g/mol. The van der Waals surface area contributed by atoms with Crippen molar-refractivity contribution in [2.24, 2.45) is 0 Å². The van der Waals surface area contributed by atoms with Crippen LogP contribution in [0.3, 0.4) is 0 Å². The second-order valence-electron chi connectivity index (χ2n) is 3.19. The topological polar surface area (TPSA) is 12.5 Å². The number of nitrogens with zero attached hydrogens (tertiary/aromatic N) is 1. The third kappa shape index (κ3) is 2.95. The van der Waals surface area contributed by atoms with Gasteiger partial charge in [0.25, 0.3) is 0 Å². The Kier molecular flexibility index (Phi) is 5.62. The van der Waals surface area contributed by atoms with Gasteiger partial charge in [-0.25, -0.2) is 0 Å². The Hall–Kier alpha value is -0.640. The van der Waals surface area contributed by atoms with Crippen molar-refractivity contribution in [3.63, 3.8) is 0 Å². The fourth-order valence-electron chi connectivity index (χ4n) is 1.79. The van der Waals surface area contributed by atoms with Crippen molar-refractivity contribution < 1.29 is 14.1 Å². The predicted molar refractivity (Wildman–Crippen MR) is 49.3 cm³/mol. The molecule has 0 spiro atoms. The summed E-state index contributed by atoms with van der Waals surface area (Å²) in [6.45, 7) is 4.03. The molecule has 0 amide bonds. The van der Waals surface area contributed by atoms with E-state index in [1.54, 1.807) is 5.70 Å². The normalized spacial score (nSPS) is 21.5. The molecular formula is C9H17F2NO. The number of morpholine rings is 1. The Morgan fingerprint density at radius 3 is 2.38 bits per heavy atom. The van der Waals surface area contributed by atoms with Crippen LogP contribution in [0.2, 0.25) is 0 Å². The maximum atomic E-state index is 5.29. The minimum Gasteiger partial charge on any atom is -0.378 e. The van der Waals surface area contributed by atoms with Gasteiger partial charge in [-0.1, -0.05) is 6.08 Å². The van der Waals surface area contributed by atoms with Crippen molar-refractivity contribution in [3.05, 3.63) is 11.8 Å². The Bertz CT molecular complexity index is 167. The molecule has 0 bridgehead atoms. The molecule has 2 nitrogen and oxygen atoms in total. The molecule has 1 aliphatic carbocycles. The van der Waals surface area contributed by atoms with Gasteiger partial charge < -0.3 is 9.64 Å². The molecule has 0 N–H and O–H groups in total. The highest BCUT2D eigenvalue weighted by atomic mass is 19.0. The molecule has 0 aromatic rings. The zero-order chi connectivity index (χ0) is 7.52. The zero-order valence-corrected chi connectivity index (χ0v) is 7.70. The molecule has 0 unspecified atom stereocenters. The van der Waals surface area contributed by atoms with Crippen LogP contribution in [-0.2, 0) is 4.74 Å². The standard InChI is InChI=1S/C9H15NO.2FH/c1-2-4-9(3-1)10-5-7-11-8-6-10;;/h3H,1-2,4-8H2;2*1H. The SMILES string of the molecule is C1=C(N2CCOCC2)CCC1.F.F. The summed E-state index contributed by atoms with van der Waals surface area (Å²) in [7, 11) is 0. The maximum absolute atomic E-state index is 5.29. The monoisotopic (exact) mass is 193 g/mol. The van der Waals surface area contributed by atoms with E-state index in [4.69, 9.17) is 4.74 Å². The van der Waals surface area contributed by atoms with E-state index in [1.807, 2.05) is 0 Å². The predicted octanol–water partition coefficient (Wildman–Crippen LogP) is 1.69. The van der Waals surface area contributed by atoms with Gasteiger partial charge in [-0.05, 0) is 19.3 Å². The lowest BCUT2D eigenvalue weighted by atomic mass is 10.3. The molecule has 1 heterocycles. The summed E-state index contributed by atoms with van der Waals surface area (Å²) in [6.07, 6.45) is 6.31. The molecule has 0 atom stereocenters. The van der Waals surface area contributed by atoms with Crippen molar-refractivity contribution in [1.82, 2.24) is 4.90 Å². The van der Waals surface area contributed by atoms with E-state index in [2.05, 4.69) is 11.0 Å². The molecular weight excluding hydrogens is 176 g/mol. The zero-order valence-electron chi connectivity index (χ0n) is 7.70. The molecule has 1 saturated heterocycles. The lowest BCUT2D eigenvalue weighted by molar-refractivity contribution is 0.0526. The molecule has 1 fully saturated rings. The van der Waals surface area contributed by atoms with Gasteiger partial charge in [0.1, 0.15) is 0 Å². The van der Waals surface area contributed by atoms with E-state index in [0.29, 0.717) is 0 Å². The van der Waals surface area contributed by atoms with E-state index >= 15 is 0 Å². The number of ether oxygens (including phenoxy) is 1. The summed E-state index contributed by atoms with van der Waals surface area (Å²) in [4.78, 5) is 2.47. The molecule has 4 heteroatoms. The van der Waals surface area contributed by atoms with E-state index < -0.39 is 0 Å². The van der Waals surface area contributed by atoms with Gasteiger partial charge in [0, 0.05) is 18.8 Å². The van der Waals surface area contributed by atoms with E-state index in [1.165, 1.54) is 19.3 Å². The molecule has 0 aromatic carbocycles. The summed E-state index contributed by atoms with van der Waals surface area (Å²) in [5.41, 5.74) is 1.56. The third-order valence-corrected chi connectivity index (χ3v) is 2.43. The summed E-state index contributed by atoms with van der Waals surface area (Å²) >= 11 is 0. The van der Waals surface area contributed by atoms with Gasteiger partial charge >= 0.3 is 0 Å². The highest BCUT2D eigenvalue weighted by molar-refractivity contribution is 5.06. The van der Waals surface area contributed by atoms with Gasteiger partial charge in [-0.3, -0.25) is 9.41 Å². The molecule has 1 aliphatic heterocycles. The van der Waals surface area contributed by atoms with Gasteiger partial charge in [0.15, 0.2) is 0 Å². The molecule has 0 saturated carbocycles. The van der Waals surface area contributed by atoms with E-state index in [0.717, 1.165) is 26.3 Å². The first-order valence-corrected chi connectivity index (χ1v) is 4.48. The molecule has 13 heavy (non-hydrogen) atoms. The van der Waals surface area contributed by atoms with Gasteiger partial charge in [0.05, 0.1) is 13.2 Å². The number of halogens is 2. The van der Waals surface area contributed by atoms with Crippen LogP contribution in [0.25, 0.3) is 0 Å². The van der Waals surface area contributed by atoms with Crippen LogP contribution >= 0.6 is 0 Å². The molecule has 0 aromatic heterocycles. The molecule has 2 aliphatic rings. The summed E-state index contributed by atoms with van der Waals surface area (Å²) in [6, 6.07) is 0. The lowest BCUT2D eigenvalue weighted by Crippen LogP contribution is -2.35. The molecule has 78 valence electrons. The Labute approximate surface area is 77.3 Å². The van der Waals surface area contributed by atoms with Gasteiger partial charge in [0.2, 0.25) is 0 Å². The fraction of sp³-hybridized carbons (Fsp3) is 0.778. The van der Waals surface area contributed by atoms with E-state index in [9.17, 15) is 0 Å². The maximum Gasteiger partial charge on any atom is 0.0642 e. The minimum absolute atomic E-state index is 0. The average Bonchev–Trinajstić information content (AvgIpc) is 2.58. The van der Waals surface area contributed by atoms with Gasteiger partial charge in [-0.2, -0.15) is 0 Å². The number of rotatable bonds is 1. The first kappa shape index (κ1) is 12.4. The largest absolute Gasteiger partial charge is 0.378 e. The van der Waals surface area contributed by atoms with Crippen molar-refractivity contribution >= 4 is 0 Å². The van der Waals surface area contributed by atoms with Crippen molar-refractivity contribution in [2.75, 3.05) is 26.3 Å². The van der Waals surface area contributed by atoms with Crippen molar-refractivity contribution in [2.45, 2.75) is 19.3 Å². The third-order valence-electron chi connectivity index (χ3n) is 2.43. The highest BCUT2D eigenvalue weighted by Crippen LogP contribution is 2.21. The fourth-order valence-corrected chi connectivity index (χ4v) is 1.79. The van der Waals surface area contributed by atoms with Crippen molar-refractivity contribution in [1.29, 1.82) is 0 Å². The highest BCUT2D eigenvalue weighted by Gasteiger charge is 2.15. The van der Waals surface area contributed by atoms with Gasteiger partial charge in [-0.15, -0.1) is 0 Å². The minimum atomic E-state index is 0. The smallest absolute Gasteiger partial charge is 0.0642 e. The molecule has 2 rings (SSSR count). The van der Waals surface area contributed by atoms with Crippen LogP contribution in [0.5, 0.6) is 0 Å². The van der Waals surface area contributed by atoms with Crippen LogP contribution in [0.15, 0.2) is 11.8 Å². The van der Waals surface area contributed by atoms with Crippen LogP contribution in [0.4, 0.5) is 9.41 Å². The summed E-state index contributed by atoms with van der Waals surface area (Å²) in [5.74, 6) is 0. The summed E-state index contributed by atoms with van der Waals surface area (Å²) in [5, 5.41) is 0. The van der Waals surface area contributed by atoms with Crippen LogP contribution in [0, 0.1) is 0 Å². The summed E-state index contributed by atoms with van der Waals surface area (Å²) < 4.78 is 5.29. The number of allylic oxidation sites excluding steroid dienone is 2. The van der Waals surface area contributed by atoms with Crippen LogP contribution in [-0.4, -0.2) is 31.2 Å². The number of hydrogen-bond acceptors (Lipinski definition) is 2. The van der Waals surface area contributed by atoms with Crippen molar-refractivity contribution in [3.8, 4) is 0 Å². The molecule has 0 radical (unpaired) electrons. The van der Waals surface area contributed by atoms with Crippen LogP contribution < -0.4 is 0 Å².